The van der Waals surface area contributed by atoms with Crippen molar-refractivity contribution >= 4 is 23.5 Å². The first-order valence-electron chi connectivity index (χ1n) is 5.75. The molecule has 2 N–H and O–H groups in total. The summed E-state index contributed by atoms with van der Waals surface area (Å²) >= 11 is 1.78. The lowest BCUT2D eigenvalue weighted by molar-refractivity contribution is 0.0953. The van der Waals surface area contributed by atoms with Gasteiger partial charge in [0.15, 0.2) is 0 Å². The molecule has 0 spiro atoms. The highest BCUT2D eigenvalue weighted by Gasteiger charge is 2.04. The molecule has 0 radical (unpaired) electrons. The van der Waals surface area contributed by atoms with Crippen molar-refractivity contribution in [2.75, 3.05) is 30.4 Å². The predicted octanol–water partition coefficient (Wildman–Crippen LogP) is 2.00. The maximum Gasteiger partial charge on any atom is 0.252 e. The number of thioether (sulfide) groups is 1. The number of pyridine rings is 1. The fourth-order valence-electron chi connectivity index (χ4n) is 1.33. The summed E-state index contributed by atoms with van der Waals surface area (Å²) in [7, 11) is 0. The third-order valence-electron chi connectivity index (χ3n) is 2.19. The first-order chi connectivity index (χ1) is 8.27. The van der Waals surface area contributed by atoms with E-state index in [4.69, 9.17) is 0 Å². The zero-order chi connectivity index (χ0) is 12.5. The number of hydrogen-bond donors (Lipinski definition) is 2. The summed E-state index contributed by atoms with van der Waals surface area (Å²) in [6.45, 7) is 3.55. The van der Waals surface area contributed by atoms with Crippen molar-refractivity contribution in [1.29, 1.82) is 0 Å². The number of aromatic nitrogens is 1. The average Bonchev–Trinajstić information content (AvgIpc) is 2.36. The lowest BCUT2D eigenvalue weighted by atomic mass is 10.2. The molecular formula is C12H19N3OS. The molecule has 94 valence electrons. The normalized spacial score (nSPS) is 10.0. The van der Waals surface area contributed by atoms with Crippen LogP contribution in [0.1, 0.15) is 23.7 Å². The van der Waals surface area contributed by atoms with Gasteiger partial charge in [0, 0.05) is 19.3 Å². The minimum atomic E-state index is -0.0540. The SMILES string of the molecule is CCNc1ccc(C(=O)NCCCSC)cn1. The lowest BCUT2D eigenvalue weighted by Crippen LogP contribution is -2.24. The molecule has 1 amide bonds. The van der Waals surface area contributed by atoms with E-state index < -0.39 is 0 Å². The van der Waals surface area contributed by atoms with Crippen molar-refractivity contribution in [3.63, 3.8) is 0 Å². The maximum atomic E-state index is 11.7. The molecule has 4 nitrogen and oxygen atoms in total. The first-order valence-corrected chi connectivity index (χ1v) is 7.14. The Labute approximate surface area is 107 Å². The smallest absolute Gasteiger partial charge is 0.252 e. The molecule has 0 aliphatic rings. The minimum absolute atomic E-state index is 0.0540. The molecule has 0 aromatic carbocycles. The number of nitrogens with zero attached hydrogens (tertiary/aromatic N) is 1. The molecule has 0 aliphatic heterocycles. The highest BCUT2D eigenvalue weighted by atomic mass is 32.2. The molecule has 1 heterocycles. The van der Waals surface area contributed by atoms with Crippen LogP contribution in [-0.4, -0.2) is 36.0 Å². The largest absolute Gasteiger partial charge is 0.370 e. The van der Waals surface area contributed by atoms with Crippen molar-refractivity contribution < 1.29 is 4.79 Å². The fraction of sp³-hybridized carbons (Fsp3) is 0.500. The Hall–Kier alpha value is -1.23. The molecule has 0 bridgehead atoms. The lowest BCUT2D eigenvalue weighted by Gasteiger charge is -2.05. The summed E-state index contributed by atoms with van der Waals surface area (Å²) in [4.78, 5) is 15.9. The Morgan fingerprint density at radius 1 is 1.47 bits per heavy atom. The minimum Gasteiger partial charge on any atom is -0.370 e. The van der Waals surface area contributed by atoms with Crippen LogP contribution < -0.4 is 10.6 Å². The van der Waals surface area contributed by atoms with E-state index in [1.165, 1.54) is 0 Å². The Kier molecular flexibility index (Phi) is 6.47. The summed E-state index contributed by atoms with van der Waals surface area (Å²) in [5.74, 6) is 1.81. The van der Waals surface area contributed by atoms with Crippen LogP contribution in [0.3, 0.4) is 0 Å². The highest BCUT2D eigenvalue weighted by molar-refractivity contribution is 7.98. The van der Waals surface area contributed by atoms with Gasteiger partial charge in [-0.15, -0.1) is 0 Å². The van der Waals surface area contributed by atoms with Crippen molar-refractivity contribution in [2.24, 2.45) is 0 Å². The van der Waals surface area contributed by atoms with E-state index in [-0.39, 0.29) is 5.91 Å². The van der Waals surface area contributed by atoms with Gasteiger partial charge in [-0.3, -0.25) is 4.79 Å². The number of hydrogen-bond acceptors (Lipinski definition) is 4. The molecule has 1 rings (SSSR count). The second kappa shape index (κ2) is 7.95. The second-order valence-electron chi connectivity index (χ2n) is 3.56. The monoisotopic (exact) mass is 253 g/mol. The maximum absolute atomic E-state index is 11.7. The van der Waals surface area contributed by atoms with E-state index in [0.29, 0.717) is 12.1 Å². The van der Waals surface area contributed by atoms with Gasteiger partial charge in [0.05, 0.1) is 5.56 Å². The zero-order valence-corrected chi connectivity index (χ0v) is 11.1. The second-order valence-corrected chi connectivity index (χ2v) is 4.55. The van der Waals surface area contributed by atoms with Gasteiger partial charge in [0.2, 0.25) is 0 Å². The van der Waals surface area contributed by atoms with E-state index in [1.807, 2.05) is 13.0 Å². The number of carbonyl (C=O) groups excluding carboxylic acids is 1. The summed E-state index contributed by atoms with van der Waals surface area (Å²) in [6, 6.07) is 3.61. The van der Waals surface area contributed by atoms with E-state index in [1.54, 1.807) is 24.0 Å². The van der Waals surface area contributed by atoms with Gasteiger partial charge in [-0.1, -0.05) is 0 Å². The molecule has 0 fully saturated rings. The summed E-state index contributed by atoms with van der Waals surface area (Å²) < 4.78 is 0. The van der Waals surface area contributed by atoms with Gasteiger partial charge >= 0.3 is 0 Å². The van der Waals surface area contributed by atoms with E-state index in [2.05, 4.69) is 21.9 Å². The van der Waals surface area contributed by atoms with Gasteiger partial charge in [0.1, 0.15) is 5.82 Å². The number of carbonyl (C=O) groups is 1. The standard InChI is InChI=1S/C12H19N3OS/c1-3-13-11-6-5-10(9-15-11)12(16)14-7-4-8-17-2/h5-6,9H,3-4,7-8H2,1-2H3,(H,13,15)(H,14,16). The molecule has 17 heavy (non-hydrogen) atoms. The Balaban J connectivity index is 2.40. The van der Waals surface area contributed by atoms with Crippen molar-refractivity contribution in [1.82, 2.24) is 10.3 Å². The van der Waals surface area contributed by atoms with Crippen LogP contribution in [0.15, 0.2) is 18.3 Å². The topological polar surface area (TPSA) is 54.0 Å². The van der Waals surface area contributed by atoms with Crippen molar-refractivity contribution in [2.45, 2.75) is 13.3 Å². The molecule has 1 aromatic heterocycles. The molecule has 0 saturated heterocycles. The highest BCUT2D eigenvalue weighted by Crippen LogP contribution is 2.04. The zero-order valence-electron chi connectivity index (χ0n) is 10.3. The molecule has 1 aromatic rings. The fourth-order valence-corrected chi connectivity index (χ4v) is 1.77. The quantitative estimate of drug-likeness (QED) is 0.730. The van der Waals surface area contributed by atoms with Gasteiger partial charge in [-0.2, -0.15) is 11.8 Å². The Morgan fingerprint density at radius 2 is 2.29 bits per heavy atom. The molecule has 0 unspecified atom stereocenters. The molecule has 5 heteroatoms. The van der Waals surface area contributed by atoms with E-state index in [0.717, 1.165) is 24.5 Å². The van der Waals surface area contributed by atoms with Gasteiger partial charge in [0.25, 0.3) is 5.91 Å². The van der Waals surface area contributed by atoms with E-state index in [9.17, 15) is 4.79 Å². The summed E-state index contributed by atoms with van der Waals surface area (Å²) in [5.41, 5.74) is 0.607. The average molecular weight is 253 g/mol. The van der Waals surface area contributed by atoms with Crippen LogP contribution in [0, 0.1) is 0 Å². The summed E-state index contributed by atoms with van der Waals surface area (Å²) in [6.07, 6.45) is 4.66. The molecule has 0 atom stereocenters. The van der Waals surface area contributed by atoms with Crippen LogP contribution in [0.25, 0.3) is 0 Å². The molecule has 0 aliphatic carbocycles. The van der Waals surface area contributed by atoms with Crippen LogP contribution in [0.5, 0.6) is 0 Å². The van der Waals surface area contributed by atoms with Crippen LogP contribution in [0.4, 0.5) is 5.82 Å². The van der Waals surface area contributed by atoms with Gasteiger partial charge in [-0.25, -0.2) is 4.98 Å². The molecular weight excluding hydrogens is 234 g/mol. The molecule has 0 saturated carbocycles. The van der Waals surface area contributed by atoms with Gasteiger partial charge in [-0.05, 0) is 37.5 Å². The van der Waals surface area contributed by atoms with Gasteiger partial charge < -0.3 is 10.6 Å². The first kappa shape index (κ1) is 13.8. The number of anilines is 1. The number of nitrogens with one attached hydrogen (secondary N) is 2. The number of amides is 1. The Morgan fingerprint density at radius 3 is 2.88 bits per heavy atom. The predicted molar refractivity (Wildman–Crippen MR) is 73.7 cm³/mol. The third kappa shape index (κ3) is 5.08. The Bertz CT molecular complexity index is 340. The van der Waals surface area contributed by atoms with Crippen LogP contribution in [-0.2, 0) is 0 Å². The number of rotatable bonds is 7. The van der Waals surface area contributed by atoms with Crippen LogP contribution in [0.2, 0.25) is 0 Å². The summed E-state index contributed by atoms with van der Waals surface area (Å²) in [5, 5.41) is 5.96. The van der Waals surface area contributed by atoms with Crippen LogP contribution >= 0.6 is 11.8 Å². The third-order valence-corrected chi connectivity index (χ3v) is 2.89. The van der Waals surface area contributed by atoms with Crippen molar-refractivity contribution in [3.8, 4) is 0 Å². The van der Waals surface area contributed by atoms with Crippen molar-refractivity contribution in [3.05, 3.63) is 23.9 Å². The van der Waals surface area contributed by atoms with E-state index >= 15 is 0 Å².